The van der Waals surface area contributed by atoms with Crippen LogP contribution in [0.4, 0.5) is 10.1 Å². The molecule has 0 spiro atoms. The zero-order valence-corrected chi connectivity index (χ0v) is 12.7. The van der Waals surface area contributed by atoms with Crippen LogP contribution in [0.1, 0.15) is 18.4 Å². The van der Waals surface area contributed by atoms with Crippen LogP contribution in [0.15, 0.2) is 42.5 Å². The Kier molecular flexibility index (Phi) is 5.59. The van der Waals surface area contributed by atoms with Crippen LogP contribution in [-0.2, 0) is 11.2 Å². The standard InChI is InChI=1S/C16H14Cl2FNO/c17-12-6-4-11(5-7-12)2-1-3-16(21)20-13-8-9-15(19)14(18)10-13/h4-10H,1-3H2,(H,20,21). The molecule has 0 saturated heterocycles. The van der Waals surface area contributed by atoms with E-state index >= 15 is 0 Å². The number of amides is 1. The fourth-order valence-corrected chi connectivity index (χ4v) is 2.21. The van der Waals surface area contributed by atoms with Gasteiger partial charge in [0.25, 0.3) is 0 Å². The lowest BCUT2D eigenvalue weighted by atomic mass is 10.1. The fourth-order valence-electron chi connectivity index (χ4n) is 1.90. The number of carbonyl (C=O) groups is 1. The van der Waals surface area contributed by atoms with Crippen molar-refractivity contribution in [2.75, 3.05) is 5.32 Å². The van der Waals surface area contributed by atoms with Crippen LogP contribution in [0.25, 0.3) is 0 Å². The summed E-state index contributed by atoms with van der Waals surface area (Å²) in [6.45, 7) is 0. The molecular formula is C16H14Cl2FNO. The molecule has 2 aromatic rings. The normalized spacial score (nSPS) is 10.4. The summed E-state index contributed by atoms with van der Waals surface area (Å²) in [5.74, 6) is -0.621. The summed E-state index contributed by atoms with van der Waals surface area (Å²) in [4.78, 5) is 11.8. The van der Waals surface area contributed by atoms with Crippen LogP contribution in [0.3, 0.4) is 0 Å². The molecule has 0 aliphatic rings. The van der Waals surface area contributed by atoms with Crippen molar-refractivity contribution >= 4 is 34.8 Å². The lowest BCUT2D eigenvalue weighted by Crippen LogP contribution is -2.11. The molecule has 1 N–H and O–H groups in total. The van der Waals surface area contributed by atoms with Gasteiger partial charge in [-0.2, -0.15) is 0 Å². The molecule has 0 saturated carbocycles. The highest BCUT2D eigenvalue weighted by atomic mass is 35.5. The molecule has 0 aromatic heterocycles. The first kappa shape index (κ1) is 15.8. The summed E-state index contributed by atoms with van der Waals surface area (Å²) in [7, 11) is 0. The number of aryl methyl sites for hydroxylation is 1. The first-order valence-corrected chi connectivity index (χ1v) is 7.29. The van der Waals surface area contributed by atoms with Crippen molar-refractivity contribution in [1.29, 1.82) is 0 Å². The van der Waals surface area contributed by atoms with Gasteiger partial charge < -0.3 is 5.32 Å². The monoisotopic (exact) mass is 325 g/mol. The molecule has 1 amide bonds. The van der Waals surface area contributed by atoms with E-state index in [0.29, 0.717) is 17.1 Å². The van der Waals surface area contributed by atoms with E-state index in [0.717, 1.165) is 18.4 Å². The minimum atomic E-state index is -0.502. The molecule has 0 aliphatic carbocycles. The number of carbonyl (C=O) groups excluding carboxylic acids is 1. The third-order valence-corrected chi connectivity index (χ3v) is 3.53. The second kappa shape index (κ2) is 7.43. The molecule has 2 aromatic carbocycles. The van der Waals surface area contributed by atoms with Crippen LogP contribution in [0.2, 0.25) is 10.0 Å². The van der Waals surface area contributed by atoms with Crippen molar-refractivity contribution in [3.05, 3.63) is 63.9 Å². The predicted octanol–water partition coefficient (Wildman–Crippen LogP) is 5.09. The lowest BCUT2D eigenvalue weighted by Gasteiger charge is -2.06. The van der Waals surface area contributed by atoms with E-state index in [2.05, 4.69) is 5.32 Å². The number of benzene rings is 2. The highest BCUT2D eigenvalue weighted by Crippen LogP contribution is 2.19. The summed E-state index contributed by atoms with van der Waals surface area (Å²) >= 11 is 11.5. The maximum atomic E-state index is 13.0. The van der Waals surface area contributed by atoms with Gasteiger partial charge in [-0.15, -0.1) is 0 Å². The largest absolute Gasteiger partial charge is 0.326 e. The number of halogens is 3. The molecule has 0 heterocycles. The Hall–Kier alpha value is -1.58. The van der Waals surface area contributed by atoms with E-state index in [1.165, 1.54) is 18.2 Å². The van der Waals surface area contributed by atoms with Gasteiger partial charge in [0.2, 0.25) is 5.91 Å². The smallest absolute Gasteiger partial charge is 0.224 e. The molecule has 2 nitrogen and oxygen atoms in total. The number of rotatable bonds is 5. The Morgan fingerprint density at radius 1 is 1.10 bits per heavy atom. The molecule has 0 bridgehead atoms. The van der Waals surface area contributed by atoms with Gasteiger partial charge in [-0.3, -0.25) is 4.79 Å². The van der Waals surface area contributed by atoms with Crippen molar-refractivity contribution < 1.29 is 9.18 Å². The molecule has 0 radical (unpaired) electrons. The fraction of sp³-hybridized carbons (Fsp3) is 0.188. The van der Waals surface area contributed by atoms with Gasteiger partial charge in [0, 0.05) is 17.1 Å². The first-order chi connectivity index (χ1) is 10.0. The first-order valence-electron chi connectivity index (χ1n) is 6.54. The number of hydrogen-bond acceptors (Lipinski definition) is 1. The van der Waals surface area contributed by atoms with Gasteiger partial charge in [0.1, 0.15) is 5.82 Å². The van der Waals surface area contributed by atoms with Gasteiger partial charge in [-0.25, -0.2) is 4.39 Å². The summed E-state index contributed by atoms with van der Waals surface area (Å²) in [6, 6.07) is 11.7. The maximum absolute atomic E-state index is 13.0. The van der Waals surface area contributed by atoms with E-state index in [4.69, 9.17) is 23.2 Å². The molecule has 2 rings (SSSR count). The number of anilines is 1. The molecule has 0 aliphatic heterocycles. The van der Waals surface area contributed by atoms with E-state index in [-0.39, 0.29) is 10.9 Å². The van der Waals surface area contributed by atoms with Crippen LogP contribution in [0, 0.1) is 5.82 Å². The van der Waals surface area contributed by atoms with Crippen LogP contribution >= 0.6 is 23.2 Å². The van der Waals surface area contributed by atoms with E-state index in [1.807, 2.05) is 24.3 Å². The number of nitrogens with one attached hydrogen (secondary N) is 1. The topological polar surface area (TPSA) is 29.1 Å². The van der Waals surface area contributed by atoms with Gasteiger partial charge in [0.05, 0.1) is 5.02 Å². The van der Waals surface area contributed by atoms with E-state index in [9.17, 15) is 9.18 Å². The lowest BCUT2D eigenvalue weighted by molar-refractivity contribution is -0.116. The molecule has 0 unspecified atom stereocenters. The molecule has 110 valence electrons. The molecule has 0 atom stereocenters. The molecular weight excluding hydrogens is 312 g/mol. The zero-order chi connectivity index (χ0) is 15.2. The van der Waals surface area contributed by atoms with Gasteiger partial charge >= 0.3 is 0 Å². The van der Waals surface area contributed by atoms with Crippen molar-refractivity contribution in [2.24, 2.45) is 0 Å². The molecule has 21 heavy (non-hydrogen) atoms. The minimum absolute atomic E-state index is 0.00559. The second-order valence-corrected chi connectivity index (χ2v) is 5.50. The Balaban J connectivity index is 1.79. The summed E-state index contributed by atoms with van der Waals surface area (Å²) in [5, 5.41) is 3.39. The highest BCUT2D eigenvalue weighted by molar-refractivity contribution is 6.31. The zero-order valence-electron chi connectivity index (χ0n) is 11.2. The van der Waals surface area contributed by atoms with Crippen LogP contribution in [0.5, 0.6) is 0 Å². The Labute approximate surface area is 132 Å². The van der Waals surface area contributed by atoms with Crippen molar-refractivity contribution in [1.82, 2.24) is 0 Å². The molecule has 0 fully saturated rings. The molecule has 5 heteroatoms. The van der Waals surface area contributed by atoms with Crippen molar-refractivity contribution in [3.63, 3.8) is 0 Å². The average molecular weight is 326 g/mol. The van der Waals surface area contributed by atoms with Gasteiger partial charge in [0.15, 0.2) is 0 Å². The SMILES string of the molecule is O=C(CCCc1ccc(Cl)cc1)Nc1ccc(F)c(Cl)c1. The van der Waals surface area contributed by atoms with Crippen molar-refractivity contribution in [2.45, 2.75) is 19.3 Å². The van der Waals surface area contributed by atoms with Crippen molar-refractivity contribution in [3.8, 4) is 0 Å². The summed E-state index contributed by atoms with van der Waals surface area (Å²) < 4.78 is 13.0. The number of hydrogen-bond donors (Lipinski definition) is 1. The Bertz CT molecular complexity index is 629. The van der Waals surface area contributed by atoms with Gasteiger partial charge in [-0.05, 0) is 48.7 Å². The van der Waals surface area contributed by atoms with Crippen LogP contribution < -0.4 is 5.32 Å². The van der Waals surface area contributed by atoms with Crippen LogP contribution in [-0.4, -0.2) is 5.91 Å². The maximum Gasteiger partial charge on any atom is 0.224 e. The average Bonchev–Trinajstić information content (AvgIpc) is 2.45. The summed E-state index contributed by atoms with van der Waals surface area (Å²) in [6.07, 6.45) is 1.91. The Morgan fingerprint density at radius 2 is 1.81 bits per heavy atom. The second-order valence-electron chi connectivity index (χ2n) is 4.66. The third-order valence-electron chi connectivity index (χ3n) is 2.99. The predicted molar refractivity (Wildman–Crippen MR) is 84.4 cm³/mol. The quantitative estimate of drug-likeness (QED) is 0.814. The Morgan fingerprint density at radius 3 is 2.48 bits per heavy atom. The van der Waals surface area contributed by atoms with E-state index in [1.54, 1.807) is 0 Å². The highest BCUT2D eigenvalue weighted by Gasteiger charge is 2.05. The van der Waals surface area contributed by atoms with E-state index < -0.39 is 5.82 Å². The van der Waals surface area contributed by atoms with Gasteiger partial charge in [-0.1, -0.05) is 35.3 Å². The minimum Gasteiger partial charge on any atom is -0.326 e. The summed E-state index contributed by atoms with van der Waals surface area (Å²) in [5.41, 5.74) is 1.63. The third kappa shape index (κ3) is 5.03.